The third-order valence-electron chi connectivity index (χ3n) is 3.61. The van der Waals surface area contributed by atoms with Gasteiger partial charge in [-0.25, -0.2) is 0 Å². The quantitative estimate of drug-likeness (QED) is 0.758. The Labute approximate surface area is 96.5 Å². The summed E-state index contributed by atoms with van der Waals surface area (Å²) in [5.74, 6) is 0.487. The van der Waals surface area contributed by atoms with E-state index in [4.69, 9.17) is 5.73 Å². The fourth-order valence-corrected chi connectivity index (χ4v) is 4.10. The molecule has 0 saturated heterocycles. The van der Waals surface area contributed by atoms with Crippen LogP contribution in [-0.2, 0) is 10.8 Å². The first-order chi connectivity index (χ1) is 7.04. The minimum atomic E-state index is -0.748. The number of nitrogens with two attached hydrogens (primary N) is 1. The summed E-state index contributed by atoms with van der Waals surface area (Å²) < 4.78 is 12.3. The highest BCUT2D eigenvalue weighted by atomic mass is 32.2. The Hall–Kier alpha value is 0.110. The highest BCUT2D eigenvalue weighted by molar-refractivity contribution is 7.86. The summed E-state index contributed by atoms with van der Waals surface area (Å²) in [6, 6.07) is 0.162. The van der Waals surface area contributed by atoms with Crippen LogP contribution < -0.4 is 5.73 Å². The Kier molecular flexibility index (Phi) is 5.27. The van der Waals surface area contributed by atoms with Gasteiger partial charge in [0.05, 0.1) is 5.25 Å². The molecule has 0 spiro atoms. The second kappa shape index (κ2) is 6.00. The van der Waals surface area contributed by atoms with Crippen LogP contribution in [0.5, 0.6) is 0 Å². The van der Waals surface area contributed by atoms with Crippen molar-refractivity contribution in [1.29, 1.82) is 0 Å². The Bertz CT molecular complexity index is 218. The fraction of sp³-hybridized carbons (Fsp3) is 1.00. The molecule has 3 heteroatoms. The minimum Gasteiger partial charge on any atom is -0.327 e. The first kappa shape index (κ1) is 13.2. The molecular weight excluding hydrogens is 206 g/mol. The molecule has 1 aliphatic carbocycles. The lowest BCUT2D eigenvalue weighted by Gasteiger charge is -2.26. The third-order valence-corrected chi connectivity index (χ3v) is 6.07. The average molecular weight is 231 g/mol. The van der Waals surface area contributed by atoms with Crippen molar-refractivity contribution < 1.29 is 4.21 Å². The predicted molar refractivity (Wildman–Crippen MR) is 67.3 cm³/mol. The topological polar surface area (TPSA) is 43.1 Å². The van der Waals surface area contributed by atoms with Gasteiger partial charge in [-0.1, -0.05) is 40.0 Å². The molecule has 0 bridgehead atoms. The van der Waals surface area contributed by atoms with Crippen LogP contribution in [0.2, 0.25) is 0 Å². The van der Waals surface area contributed by atoms with Crippen LogP contribution in [0.4, 0.5) is 0 Å². The van der Waals surface area contributed by atoms with E-state index in [2.05, 4.69) is 20.8 Å². The van der Waals surface area contributed by atoms with E-state index in [9.17, 15) is 4.21 Å². The molecule has 0 aliphatic heterocycles. The second-order valence-electron chi connectivity index (χ2n) is 5.12. The van der Waals surface area contributed by atoms with Crippen LogP contribution >= 0.6 is 0 Å². The van der Waals surface area contributed by atoms with Gasteiger partial charge < -0.3 is 5.73 Å². The van der Waals surface area contributed by atoms with Crippen molar-refractivity contribution in [1.82, 2.24) is 0 Å². The standard InChI is InChI=1S/C12H25NOS/c1-9(2)10(3)15(14)12-8-6-4-5-7-11(12)13/h9-12H,4-8,13H2,1-3H3. The molecule has 15 heavy (non-hydrogen) atoms. The molecule has 2 nitrogen and oxygen atoms in total. The van der Waals surface area contributed by atoms with Gasteiger partial charge in [0.25, 0.3) is 0 Å². The van der Waals surface area contributed by atoms with Crippen molar-refractivity contribution in [2.75, 3.05) is 0 Å². The van der Waals surface area contributed by atoms with E-state index in [0.29, 0.717) is 5.92 Å². The molecule has 0 aromatic carbocycles. The van der Waals surface area contributed by atoms with E-state index in [1.165, 1.54) is 19.3 Å². The predicted octanol–water partition coefficient (Wildman–Crippen LogP) is 2.44. The maximum atomic E-state index is 12.3. The lowest BCUT2D eigenvalue weighted by molar-refractivity contribution is 0.551. The Balaban J connectivity index is 2.63. The van der Waals surface area contributed by atoms with Crippen molar-refractivity contribution in [3.05, 3.63) is 0 Å². The van der Waals surface area contributed by atoms with Crippen molar-refractivity contribution in [3.8, 4) is 0 Å². The van der Waals surface area contributed by atoms with E-state index < -0.39 is 10.8 Å². The molecule has 2 N–H and O–H groups in total. The van der Waals surface area contributed by atoms with Gasteiger partial charge in [0.2, 0.25) is 0 Å². The summed E-state index contributed by atoms with van der Waals surface area (Å²) in [5, 5.41) is 0.518. The van der Waals surface area contributed by atoms with Crippen molar-refractivity contribution in [3.63, 3.8) is 0 Å². The molecule has 4 atom stereocenters. The van der Waals surface area contributed by atoms with Crippen molar-refractivity contribution >= 4 is 10.8 Å². The smallest absolute Gasteiger partial charge is 0.0501 e. The van der Waals surface area contributed by atoms with Gasteiger partial charge in [-0.2, -0.15) is 0 Å². The molecule has 0 aromatic heterocycles. The highest BCUT2D eigenvalue weighted by Gasteiger charge is 2.29. The Morgan fingerprint density at radius 1 is 1.13 bits per heavy atom. The van der Waals surface area contributed by atoms with Crippen LogP contribution in [0.3, 0.4) is 0 Å². The zero-order valence-electron chi connectivity index (χ0n) is 10.2. The number of hydrogen-bond acceptors (Lipinski definition) is 2. The van der Waals surface area contributed by atoms with E-state index in [-0.39, 0.29) is 16.5 Å². The van der Waals surface area contributed by atoms with E-state index in [1.54, 1.807) is 0 Å². The summed E-state index contributed by atoms with van der Waals surface area (Å²) in [6.45, 7) is 6.38. The molecular formula is C12H25NOS. The summed E-state index contributed by atoms with van der Waals surface area (Å²) in [6.07, 6.45) is 5.80. The molecule has 0 radical (unpaired) electrons. The van der Waals surface area contributed by atoms with Gasteiger partial charge in [0.15, 0.2) is 0 Å². The molecule has 1 fully saturated rings. The SMILES string of the molecule is CC(C)C(C)S(=O)C1CCCCCC1N. The normalized spacial score (nSPS) is 32.3. The number of hydrogen-bond donors (Lipinski definition) is 1. The summed E-state index contributed by atoms with van der Waals surface area (Å²) in [7, 11) is -0.748. The van der Waals surface area contributed by atoms with E-state index in [0.717, 1.165) is 12.8 Å². The Morgan fingerprint density at radius 2 is 1.73 bits per heavy atom. The van der Waals surface area contributed by atoms with Crippen LogP contribution in [0, 0.1) is 5.92 Å². The maximum Gasteiger partial charge on any atom is 0.0501 e. The summed E-state index contributed by atoms with van der Waals surface area (Å²) in [4.78, 5) is 0. The van der Waals surface area contributed by atoms with Gasteiger partial charge >= 0.3 is 0 Å². The molecule has 90 valence electrons. The van der Waals surface area contributed by atoms with Gasteiger partial charge in [-0.05, 0) is 18.8 Å². The lowest BCUT2D eigenvalue weighted by atomic mass is 10.1. The monoisotopic (exact) mass is 231 g/mol. The number of rotatable bonds is 3. The van der Waals surface area contributed by atoms with Gasteiger partial charge in [0, 0.05) is 22.1 Å². The first-order valence-electron chi connectivity index (χ1n) is 6.19. The third kappa shape index (κ3) is 3.56. The maximum absolute atomic E-state index is 12.3. The molecule has 0 aromatic rings. The van der Waals surface area contributed by atoms with Crippen LogP contribution in [0.15, 0.2) is 0 Å². The molecule has 4 unspecified atom stereocenters. The van der Waals surface area contributed by atoms with Gasteiger partial charge in [-0.3, -0.25) is 4.21 Å². The Morgan fingerprint density at radius 3 is 2.33 bits per heavy atom. The highest BCUT2D eigenvalue weighted by Crippen LogP contribution is 2.24. The lowest BCUT2D eigenvalue weighted by Crippen LogP contribution is -2.41. The van der Waals surface area contributed by atoms with E-state index in [1.807, 2.05) is 0 Å². The molecule has 1 rings (SSSR count). The summed E-state index contributed by atoms with van der Waals surface area (Å²) in [5.41, 5.74) is 6.12. The first-order valence-corrected chi connectivity index (χ1v) is 7.46. The molecule has 0 amide bonds. The average Bonchev–Trinajstić information content (AvgIpc) is 2.40. The second-order valence-corrected chi connectivity index (χ2v) is 7.12. The van der Waals surface area contributed by atoms with Crippen LogP contribution in [-0.4, -0.2) is 20.8 Å². The zero-order valence-corrected chi connectivity index (χ0v) is 11.1. The minimum absolute atomic E-state index is 0.162. The van der Waals surface area contributed by atoms with Crippen LogP contribution in [0.1, 0.15) is 52.9 Å². The molecule has 1 saturated carbocycles. The van der Waals surface area contributed by atoms with Crippen molar-refractivity contribution in [2.45, 2.75) is 69.4 Å². The van der Waals surface area contributed by atoms with E-state index >= 15 is 0 Å². The molecule has 0 heterocycles. The largest absolute Gasteiger partial charge is 0.327 e. The van der Waals surface area contributed by atoms with Gasteiger partial charge in [-0.15, -0.1) is 0 Å². The fourth-order valence-electron chi connectivity index (χ4n) is 2.13. The molecule has 1 aliphatic rings. The van der Waals surface area contributed by atoms with Crippen molar-refractivity contribution in [2.24, 2.45) is 11.7 Å². The zero-order chi connectivity index (χ0) is 11.4. The summed E-state index contributed by atoms with van der Waals surface area (Å²) >= 11 is 0. The van der Waals surface area contributed by atoms with Gasteiger partial charge in [0.1, 0.15) is 0 Å². The van der Waals surface area contributed by atoms with Crippen LogP contribution in [0.25, 0.3) is 0 Å².